The molecule has 0 aliphatic heterocycles. The fraction of sp³-hybridized carbons (Fsp3) is 0.308. The van der Waals surface area contributed by atoms with Gasteiger partial charge in [0.2, 0.25) is 11.7 Å². The average Bonchev–Trinajstić information content (AvgIpc) is 3.45. The summed E-state index contributed by atoms with van der Waals surface area (Å²) in [6.07, 6.45) is 3.49. The van der Waals surface area contributed by atoms with Crippen LogP contribution in [0.5, 0.6) is 0 Å². The van der Waals surface area contributed by atoms with Crippen molar-refractivity contribution in [3.63, 3.8) is 0 Å². The molecule has 3 aromatic heterocycles. The molecule has 0 saturated carbocycles. The van der Waals surface area contributed by atoms with Gasteiger partial charge in [-0.05, 0) is 36.1 Å². The summed E-state index contributed by atoms with van der Waals surface area (Å²) in [5.74, 6) is 1.45. The van der Waals surface area contributed by atoms with Gasteiger partial charge in [-0.1, -0.05) is 44.2 Å². The molecule has 5 aromatic rings. The number of aromatic nitrogens is 5. The molecule has 8 heteroatoms. The number of H-pyrrole nitrogens is 1. The Morgan fingerprint density at radius 2 is 1.79 bits per heavy atom. The predicted molar refractivity (Wildman–Crippen MR) is 133 cm³/mol. The number of amides is 1. The van der Waals surface area contributed by atoms with E-state index in [-0.39, 0.29) is 17.4 Å². The quantitative estimate of drug-likeness (QED) is 0.374. The van der Waals surface area contributed by atoms with Gasteiger partial charge in [0, 0.05) is 43.0 Å². The number of benzene rings is 2. The van der Waals surface area contributed by atoms with Gasteiger partial charge in [0.1, 0.15) is 5.82 Å². The molecule has 0 fully saturated rings. The highest BCUT2D eigenvalue weighted by molar-refractivity contribution is 5.83. The number of para-hydroxylation sites is 2. The summed E-state index contributed by atoms with van der Waals surface area (Å²) < 4.78 is 3.60. The van der Waals surface area contributed by atoms with E-state index in [1.54, 1.807) is 4.57 Å². The van der Waals surface area contributed by atoms with Gasteiger partial charge in [0.15, 0.2) is 0 Å². The molecule has 5 rings (SSSR count). The van der Waals surface area contributed by atoms with Crippen molar-refractivity contribution in [2.24, 2.45) is 5.92 Å². The van der Waals surface area contributed by atoms with Crippen LogP contribution in [0.25, 0.3) is 27.6 Å². The van der Waals surface area contributed by atoms with E-state index in [2.05, 4.69) is 40.4 Å². The number of aryl methyl sites for hydroxylation is 1. The third-order valence-corrected chi connectivity index (χ3v) is 6.09. The standard InChI is InChI=1S/C26H28N6O2/c1-17(2)16-31-25(34)20-8-4-6-10-22(20)32-23(29-30-26(31)32)11-12-24(33)27-14-13-18-15-28-21-9-5-3-7-19(18)21/h3-10,15,17,28H,11-14,16H2,1-2H3,(H,27,33). The van der Waals surface area contributed by atoms with Crippen LogP contribution in [0.2, 0.25) is 0 Å². The number of nitrogens with zero attached hydrogens (tertiary/aromatic N) is 4. The topological polar surface area (TPSA) is 97.1 Å². The van der Waals surface area contributed by atoms with Crippen LogP contribution in [-0.4, -0.2) is 36.6 Å². The Bertz CT molecular complexity index is 1540. The van der Waals surface area contributed by atoms with E-state index in [9.17, 15) is 9.59 Å². The third-order valence-electron chi connectivity index (χ3n) is 6.09. The highest BCUT2D eigenvalue weighted by Gasteiger charge is 2.17. The van der Waals surface area contributed by atoms with Gasteiger partial charge in [-0.25, -0.2) is 0 Å². The minimum atomic E-state index is -0.0641. The van der Waals surface area contributed by atoms with Crippen LogP contribution in [0.4, 0.5) is 0 Å². The van der Waals surface area contributed by atoms with Crippen LogP contribution in [-0.2, 0) is 24.2 Å². The maximum absolute atomic E-state index is 13.1. The highest BCUT2D eigenvalue weighted by Crippen LogP contribution is 2.18. The molecule has 0 bridgehead atoms. The minimum Gasteiger partial charge on any atom is -0.361 e. The Morgan fingerprint density at radius 3 is 2.62 bits per heavy atom. The minimum absolute atomic E-state index is 0.0311. The molecule has 0 saturated heterocycles. The van der Waals surface area contributed by atoms with Gasteiger partial charge in [-0.2, -0.15) is 0 Å². The van der Waals surface area contributed by atoms with E-state index in [4.69, 9.17) is 0 Å². The second-order valence-electron chi connectivity index (χ2n) is 9.04. The number of aromatic amines is 1. The molecule has 174 valence electrons. The van der Waals surface area contributed by atoms with E-state index in [0.717, 1.165) is 17.5 Å². The largest absolute Gasteiger partial charge is 0.361 e. The highest BCUT2D eigenvalue weighted by atomic mass is 16.1. The van der Waals surface area contributed by atoms with Crippen molar-refractivity contribution in [3.8, 4) is 0 Å². The Hall–Kier alpha value is -3.94. The zero-order chi connectivity index (χ0) is 23.7. The first-order valence-corrected chi connectivity index (χ1v) is 11.7. The summed E-state index contributed by atoms with van der Waals surface area (Å²) in [7, 11) is 0. The summed E-state index contributed by atoms with van der Waals surface area (Å²) in [6, 6.07) is 15.6. The number of fused-ring (bicyclic) bond motifs is 4. The lowest BCUT2D eigenvalue weighted by Crippen LogP contribution is -2.27. The number of rotatable bonds is 8. The normalized spacial score (nSPS) is 11.7. The number of nitrogens with one attached hydrogen (secondary N) is 2. The summed E-state index contributed by atoms with van der Waals surface area (Å²) in [6.45, 7) is 5.25. The second kappa shape index (κ2) is 9.13. The lowest BCUT2D eigenvalue weighted by atomic mass is 10.1. The average molecular weight is 457 g/mol. The number of hydrogen-bond acceptors (Lipinski definition) is 4. The van der Waals surface area contributed by atoms with Crippen LogP contribution >= 0.6 is 0 Å². The van der Waals surface area contributed by atoms with Gasteiger partial charge in [0.25, 0.3) is 5.56 Å². The monoisotopic (exact) mass is 456 g/mol. The van der Waals surface area contributed by atoms with Crippen molar-refractivity contribution in [3.05, 3.63) is 76.5 Å². The van der Waals surface area contributed by atoms with E-state index >= 15 is 0 Å². The van der Waals surface area contributed by atoms with Crippen molar-refractivity contribution < 1.29 is 4.79 Å². The predicted octanol–water partition coefficient (Wildman–Crippen LogP) is 3.47. The van der Waals surface area contributed by atoms with E-state index < -0.39 is 0 Å². The van der Waals surface area contributed by atoms with Crippen LogP contribution in [0.3, 0.4) is 0 Å². The first-order chi connectivity index (χ1) is 16.5. The van der Waals surface area contributed by atoms with Crippen molar-refractivity contribution in [2.45, 2.75) is 39.7 Å². The molecule has 0 atom stereocenters. The molecule has 0 aliphatic carbocycles. The van der Waals surface area contributed by atoms with Crippen LogP contribution in [0.15, 0.2) is 59.5 Å². The van der Waals surface area contributed by atoms with Crippen LogP contribution in [0.1, 0.15) is 31.7 Å². The van der Waals surface area contributed by atoms with Gasteiger partial charge < -0.3 is 10.3 Å². The van der Waals surface area contributed by atoms with E-state index in [1.807, 2.05) is 53.1 Å². The number of carbonyl (C=O) groups is 1. The molecule has 0 unspecified atom stereocenters. The first-order valence-electron chi connectivity index (χ1n) is 11.7. The van der Waals surface area contributed by atoms with Crippen molar-refractivity contribution >= 4 is 33.5 Å². The maximum Gasteiger partial charge on any atom is 0.262 e. The van der Waals surface area contributed by atoms with Gasteiger partial charge >= 0.3 is 0 Å². The molecule has 0 spiro atoms. The Kier molecular flexibility index (Phi) is 5.88. The molecule has 8 nitrogen and oxygen atoms in total. The zero-order valence-corrected chi connectivity index (χ0v) is 19.4. The smallest absolute Gasteiger partial charge is 0.262 e. The molecule has 1 amide bonds. The first kappa shape index (κ1) is 21.9. The molecular weight excluding hydrogens is 428 g/mol. The number of carbonyl (C=O) groups excluding carboxylic acids is 1. The number of hydrogen-bond donors (Lipinski definition) is 2. The van der Waals surface area contributed by atoms with E-state index in [0.29, 0.717) is 42.9 Å². The van der Waals surface area contributed by atoms with Crippen LogP contribution in [0, 0.1) is 5.92 Å². The van der Waals surface area contributed by atoms with Crippen molar-refractivity contribution in [1.82, 2.24) is 29.5 Å². The SMILES string of the molecule is CC(C)Cn1c(=O)c2ccccc2n2c(CCC(=O)NCCc3c[nH]c4ccccc34)nnc12. The maximum atomic E-state index is 13.1. The molecule has 2 aromatic carbocycles. The fourth-order valence-electron chi connectivity index (χ4n) is 4.49. The molecule has 3 heterocycles. The van der Waals surface area contributed by atoms with Gasteiger partial charge in [-0.3, -0.25) is 18.6 Å². The van der Waals surface area contributed by atoms with Gasteiger partial charge in [0.05, 0.1) is 10.9 Å². The second-order valence-corrected chi connectivity index (χ2v) is 9.04. The molecule has 2 N–H and O–H groups in total. The molecule has 0 aliphatic rings. The lowest BCUT2D eigenvalue weighted by molar-refractivity contribution is -0.121. The summed E-state index contributed by atoms with van der Waals surface area (Å²) in [5, 5.41) is 13.5. The van der Waals surface area contributed by atoms with Crippen molar-refractivity contribution in [1.29, 1.82) is 0 Å². The summed E-state index contributed by atoms with van der Waals surface area (Å²) >= 11 is 0. The Balaban J connectivity index is 1.31. The van der Waals surface area contributed by atoms with Gasteiger partial charge in [-0.15, -0.1) is 10.2 Å². The molecule has 34 heavy (non-hydrogen) atoms. The van der Waals surface area contributed by atoms with Crippen molar-refractivity contribution in [2.75, 3.05) is 6.54 Å². The fourth-order valence-corrected chi connectivity index (χ4v) is 4.49. The summed E-state index contributed by atoms with van der Waals surface area (Å²) in [4.78, 5) is 28.9. The Morgan fingerprint density at radius 1 is 1.03 bits per heavy atom. The Labute approximate surface area is 196 Å². The van der Waals surface area contributed by atoms with Crippen LogP contribution < -0.4 is 10.9 Å². The van der Waals surface area contributed by atoms with E-state index in [1.165, 1.54) is 10.9 Å². The zero-order valence-electron chi connectivity index (χ0n) is 19.4. The lowest BCUT2D eigenvalue weighted by Gasteiger charge is -2.13. The molecular formula is C26H28N6O2. The molecule has 0 radical (unpaired) electrons. The summed E-state index contributed by atoms with van der Waals surface area (Å²) in [5.41, 5.74) is 2.99. The third kappa shape index (κ3) is 4.07.